The maximum absolute atomic E-state index is 11.0. The molecule has 34 heavy (non-hydrogen) atoms. The topological polar surface area (TPSA) is 51.2 Å². The Morgan fingerprint density at radius 2 is 2.03 bits per heavy atom. The lowest BCUT2D eigenvalue weighted by Gasteiger charge is -2.31. The summed E-state index contributed by atoms with van der Waals surface area (Å²) in [6.45, 7) is 12.5. The maximum atomic E-state index is 11.0. The number of thiophene rings is 1. The highest BCUT2D eigenvalue weighted by atomic mass is 32.1. The minimum atomic E-state index is -0.747. The summed E-state index contributed by atoms with van der Waals surface area (Å²) in [5, 5.41) is 14.3. The van der Waals surface area contributed by atoms with Crippen LogP contribution in [0.4, 0.5) is 0 Å². The molecule has 0 saturated carbocycles. The van der Waals surface area contributed by atoms with E-state index in [9.17, 15) is 5.11 Å². The predicted molar refractivity (Wildman–Crippen MR) is 141 cm³/mol. The molecule has 186 valence electrons. The van der Waals surface area contributed by atoms with Crippen LogP contribution in [-0.4, -0.2) is 55.6 Å². The van der Waals surface area contributed by atoms with Gasteiger partial charge < -0.3 is 24.2 Å². The fourth-order valence-corrected chi connectivity index (χ4v) is 5.50. The maximum Gasteiger partial charge on any atom is 0.160 e. The summed E-state index contributed by atoms with van der Waals surface area (Å²) >= 11 is 1.73. The molecule has 0 bridgehead atoms. The largest absolute Gasteiger partial charge is 0.487 e. The third kappa shape index (κ3) is 6.95. The van der Waals surface area contributed by atoms with Gasteiger partial charge >= 0.3 is 0 Å². The number of fused-ring (bicyclic) bond motifs is 1. The van der Waals surface area contributed by atoms with Crippen molar-refractivity contribution in [1.82, 2.24) is 4.90 Å². The fraction of sp³-hybridized carbons (Fsp3) is 0.500. The highest BCUT2D eigenvalue weighted by molar-refractivity contribution is 7.17. The standard InChI is InChI=1S/C17H23NOS.C11H16O3/c1-12-8-9-13(18(12)3)10-17(2,19)15-11-20-16-7-5-4-6-14(15)16;1-3-12-7-5-4-6-11-10(2)13-8-9-14-11/h4-7,11-13,19H,8-10H2,1-3H3;4-6H,2-3,7-9H2,1H3/b;5-4-,11-6+. The molecule has 3 heterocycles. The monoisotopic (exact) mass is 485 g/mol. The number of hydrogen-bond donors (Lipinski definition) is 1. The van der Waals surface area contributed by atoms with Crippen LogP contribution >= 0.6 is 11.3 Å². The molecule has 3 unspecified atom stereocenters. The molecule has 1 aromatic heterocycles. The van der Waals surface area contributed by atoms with Crippen LogP contribution in [0.15, 0.2) is 66.0 Å². The predicted octanol–water partition coefficient (Wildman–Crippen LogP) is 6.01. The van der Waals surface area contributed by atoms with Crippen LogP contribution in [0.1, 0.15) is 45.6 Å². The first kappa shape index (κ1) is 26.5. The zero-order chi connectivity index (χ0) is 24.6. The second kappa shape index (κ2) is 12.5. The summed E-state index contributed by atoms with van der Waals surface area (Å²) in [5.41, 5.74) is 0.342. The van der Waals surface area contributed by atoms with Crippen LogP contribution in [-0.2, 0) is 19.8 Å². The van der Waals surface area contributed by atoms with Crippen molar-refractivity contribution in [2.75, 3.05) is 33.5 Å². The molecule has 2 saturated heterocycles. The SMILES string of the molecule is C=C1OCCO/C1=C/C=C\COCC.CC1CCC(CC(C)(O)c2csc3ccccc23)N1C. The van der Waals surface area contributed by atoms with Gasteiger partial charge in [-0.25, -0.2) is 0 Å². The second-order valence-corrected chi connectivity index (χ2v) is 10.0. The number of rotatable bonds is 7. The van der Waals surface area contributed by atoms with Crippen LogP contribution in [0.3, 0.4) is 0 Å². The zero-order valence-electron chi connectivity index (χ0n) is 21.0. The third-order valence-corrected chi connectivity index (χ3v) is 7.54. The number of hydrogen-bond acceptors (Lipinski definition) is 6. The molecule has 0 aliphatic carbocycles. The molecular weight excluding hydrogens is 446 g/mol. The lowest BCUT2D eigenvalue weighted by Crippen LogP contribution is -2.36. The number of benzene rings is 1. The lowest BCUT2D eigenvalue weighted by atomic mass is 9.88. The minimum Gasteiger partial charge on any atom is -0.487 e. The van der Waals surface area contributed by atoms with E-state index in [0.717, 1.165) is 18.6 Å². The van der Waals surface area contributed by atoms with Crippen molar-refractivity contribution in [3.63, 3.8) is 0 Å². The van der Waals surface area contributed by atoms with Gasteiger partial charge in [0.2, 0.25) is 0 Å². The molecule has 0 spiro atoms. The summed E-state index contributed by atoms with van der Waals surface area (Å²) in [7, 11) is 2.18. The number of aliphatic hydroxyl groups is 1. The van der Waals surface area contributed by atoms with Gasteiger partial charge in [0.25, 0.3) is 0 Å². The lowest BCUT2D eigenvalue weighted by molar-refractivity contribution is 0.0241. The molecule has 6 heteroatoms. The van der Waals surface area contributed by atoms with E-state index in [1.807, 2.05) is 32.1 Å². The molecule has 4 rings (SSSR count). The highest BCUT2D eigenvalue weighted by Crippen LogP contribution is 2.38. The van der Waals surface area contributed by atoms with Crippen LogP contribution in [0.5, 0.6) is 0 Å². The Bertz CT molecular complexity index is 993. The first-order valence-corrected chi connectivity index (χ1v) is 13.0. The van der Waals surface area contributed by atoms with Gasteiger partial charge in [0.1, 0.15) is 13.2 Å². The van der Waals surface area contributed by atoms with Crippen molar-refractivity contribution in [3.05, 3.63) is 71.5 Å². The van der Waals surface area contributed by atoms with Crippen molar-refractivity contribution in [3.8, 4) is 0 Å². The summed E-state index contributed by atoms with van der Waals surface area (Å²) in [5.74, 6) is 1.29. The first-order chi connectivity index (χ1) is 16.3. The van der Waals surface area contributed by atoms with Gasteiger partial charge in [0, 0.05) is 29.0 Å². The Balaban J connectivity index is 0.000000204. The quantitative estimate of drug-likeness (QED) is 0.487. The van der Waals surface area contributed by atoms with Gasteiger partial charge in [-0.2, -0.15) is 0 Å². The minimum absolute atomic E-state index is 0.485. The van der Waals surface area contributed by atoms with Gasteiger partial charge in [-0.05, 0) is 70.0 Å². The van der Waals surface area contributed by atoms with E-state index >= 15 is 0 Å². The average molecular weight is 486 g/mol. The molecule has 0 radical (unpaired) electrons. The molecule has 0 amide bonds. The van der Waals surface area contributed by atoms with Crippen LogP contribution in [0, 0.1) is 0 Å². The normalized spacial score (nSPS) is 24.0. The van der Waals surface area contributed by atoms with Crippen LogP contribution < -0.4 is 0 Å². The third-order valence-electron chi connectivity index (χ3n) is 6.58. The van der Waals surface area contributed by atoms with E-state index in [2.05, 4.69) is 55.1 Å². The van der Waals surface area contributed by atoms with Crippen molar-refractivity contribution < 1.29 is 19.3 Å². The molecule has 2 aliphatic heterocycles. The summed E-state index contributed by atoms with van der Waals surface area (Å²) in [6, 6.07) is 9.48. The summed E-state index contributed by atoms with van der Waals surface area (Å²) in [6.07, 6.45) is 8.87. The Morgan fingerprint density at radius 3 is 2.74 bits per heavy atom. The second-order valence-electron chi connectivity index (χ2n) is 9.11. The van der Waals surface area contributed by atoms with Gasteiger partial charge in [-0.1, -0.05) is 36.9 Å². The summed E-state index contributed by atoms with van der Waals surface area (Å²) in [4.78, 5) is 2.42. The van der Waals surface area contributed by atoms with E-state index in [-0.39, 0.29) is 0 Å². The molecule has 1 N–H and O–H groups in total. The smallest absolute Gasteiger partial charge is 0.160 e. The van der Waals surface area contributed by atoms with E-state index in [1.54, 1.807) is 11.3 Å². The molecular formula is C28H39NO4S. The molecule has 2 aliphatic rings. The zero-order valence-corrected chi connectivity index (χ0v) is 21.8. The molecule has 2 aromatic rings. The molecule has 3 atom stereocenters. The molecule has 2 fully saturated rings. The van der Waals surface area contributed by atoms with E-state index in [1.165, 1.54) is 22.9 Å². The number of allylic oxidation sites excluding steroid dienone is 2. The number of ether oxygens (including phenoxy) is 3. The van der Waals surface area contributed by atoms with Crippen molar-refractivity contribution in [2.24, 2.45) is 0 Å². The van der Waals surface area contributed by atoms with Crippen LogP contribution in [0.25, 0.3) is 10.1 Å². The van der Waals surface area contributed by atoms with E-state index in [4.69, 9.17) is 14.2 Å². The first-order valence-electron chi connectivity index (χ1n) is 12.1. The van der Waals surface area contributed by atoms with Gasteiger partial charge in [0.05, 0.1) is 12.2 Å². The van der Waals surface area contributed by atoms with Crippen molar-refractivity contribution in [1.29, 1.82) is 0 Å². The molecule has 1 aromatic carbocycles. The summed E-state index contributed by atoms with van der Waals surface area (Å²) < 4.78 is 17.0. The van der Waals surface area contributed by atoms with E-state index < -0.39 is 5.60 Å². The Labute approximate surface area is 208 Å². The van der Waals surface area contributed by atoms with E-state index in [0.29, 0.717) is 43.4 Å². The Hall–Kier alpha value is -2.12. The van der Waals surface area contributed by atoms with Crippen molar-refractivity contribution in [2.45, 2.75) is 57.7 Å². The number of nitrogens with zero attached hydrogens (tertiary/aromatic N) is 1. The van der Waals surface area contributed by atoms with Gasteiger partial charge in [0.15, 0.2) is 11.5 Å². The van der Waals surface area contributed by atoms with Crippen LogP contribution in [0.2, 0.25) is 0 Å². The number of likely N-dealkylation sites (tertiary alicyclic amines) is 1. The fourth-order valence-electron chi connectivity index (χ4n) is 4.42. The highest BCUT2D eigenvalue weighted by Gasteiger charge is 2.35. The van der Waals surface area contributed by atoms with Crippen molar-refractivity contribution >= 4 is 21.4 Å². The molecule has 5 nitrogen and oxygen atoms in total. The Morgan fingerprint density at radius 1 is 1.26 bits per heavy atom. The van der Waals surface area contributed by atoms with Gasteiger partial charge in [-0.3, -0.25) is 0 Å². The average Bonchev–Trinajstić information content (AvgIpc) is 3.40. The Kier molecular flexibility index (Phi) is 9.77. The van der Waals surface area contributed by atoms with Gasteiger partial charge in [-0.15, -0.1) is 11.3 Å².